The van der Waals surface area contributed by atoms with Crippen LogP contribution in [-0.2, 0) is 4.79 Å². The Hall–Kier alpha value is -2.07. The highest BCUT2D eigenvalue weighted by molar-refractivity contribution is 6.30. The van der Waals surface area contributed by atoms with Crippen LogP contribution in [0.2, 0.25) is 5.02 Å². The van der Waals surface area contributed by atoms with E-state index in [0.717, 1.165) is 0 Å². The van der Waals surface area contributed by atoms with Crippen LogP contribution in [0.4, 0.5) is 4.39 Å². The molecule has 2 aromatic carbocycles. The molecule has 0 saturated heterocycles. The number of nitrogens with one attached hydrogen (secondary N) is 1. The van der Waals surface area contributed by atoms with Crippen molar-refractivity contribution in [2.24, 2.45) is 0 Å². The number of rotatable bonds is 5. The summed E-state index contributed by atoms with van der Waals surface area (Å²) in [5.74, 6) is -0.113. The van der Waals surface area contributed by atoms with E-state index in [-0.39, 0.29) is 18.3 Å². The fraction of sp³-hybridized carbons (Fsp3) is 0.188. The van der Waals surface area contributed by atoms with Gasteiger partial charge in [0.2, 0.25) is 0 Å². The average Bonchev–Trinajstić information content (AvgIpc) is 2.47. The lowest BCUT2D eigenvalue weighted by Crippen LogP contribution is -2.31. The molecule has 0 saturated carbocycles. The number of ether oxygens (including phenoxy) is 1. The first kappa shape index (κ1) is 15.3. The number of amides is 1. The first-order valence-electron chi connectivity index (χ1n) is 6.48. The van der Waals surface area contributed by atoms with E-state index in [1.54, 1.807) is 49.4 Å². The number of carbonyl (C=O) groups is 1. The van der Waals surface area contributed by atoms with Gasteiger partial charge < -0.3 is 10.1 Å². The van der Waals surface area contributed by atoms with Gasteiger partial charge in [0.25, 0.3) is 5.91 Å². The van der Waals surface area contributed by atoms with E-state index in [0.29, 0.717) is 16.3 Å². The summed E-state index contributed by atoms with van der Waals surface area (Å²) in [7, 11) is 0. The second kappa shape index (κ2) is 7.09. The molecule has 110 valence electrons. The molecule has 0 spiro atoms. The van der Waals surface area contributed by atoms with Crippen molar-refractivity contribution < 1.29 is 13.9 Å². The van der Waals surface area contributed by atoms with E-state index in [1.807, 2.05) is 0 Å². The summed E-state index contributed by atoms with van der Waals surface area (Å²) in [5, 5.41) is 3.29. The molecule has 1 N–H and O–H groups in total. The highest BCUT2D eigenvalue weighted by atomic mass is 35.5. The Morgan fingerprint density at radius 2 is 1.90 bits per heavy atom. The lowest BCUT2D eigenvalue weighted by Gasteiger charge is -2.15. The van der Waals surface area contributed by atoms with Crippen molar-refractivity contribution in [3.05, 3.63) is 64.9 Å². The van der Waals surface area contributed by atoms with Crippen molar-refractivity contribution in [1.29, 1.82) is 0 Å². The third-order valence-corrected chi connectivity index (χ3v) is 3.18. The van der Waals surface area contributed by atoms with Gasteiger partial charge in [-0.15, -0.1) is 0 Å². The molecule has 0 fully saturated rings. The van der Waals surface area contributed by atoms with Crippen molar-refractivity contribution in [2.75, 3.05) is 6.61 Å². The first-order valence-corrected chi connectivity index (χ1v) is 6.86. The summed E-state index contributed by atoms with van der Waals surface area (Å²) < 4.78 is 18.9. The van der Waals surface area contributed by atoms with Crippen LogP contribution >= 0.6 is 11.6 Å². The fourth-order valence-electron chi connectivity index (χ4n) is 1.87. The van der Waals surface area contributed by atoms with Gasteiger partial charge in [-0.2, -0.15) is 0 Å². The molecular weight excluding hydrogens is 293 g/mol. The highest BCUT2D eigenvalue weighted by Gasteiger charge is 2.13. The van der Waals surface area contributed by atoms with Crippen molar-refractivity contribution in [1.82, 2.24) is 5.32 Å². The van der Waals surface area contributed by atoms with Gasteiger partial charge in [0.1, 0.15) is 11.6 Å². The number of hydrogen-bond acceptors (Lipinski definition) is 2. The molecule has 0 aliphatic heterocycles. The van der Waals surface area contributed by atoms with Crippen LogP contribution in [0.5, 0.6) is 5.75 Å². The summed E-state index contributed by atoms with van der Waals surface area (Å²) in [4.78, 5) is 11.8. The molecule has 0 aliphatic carbocycles. The molecule has 0 bridgehead atoms. The number of hydrogen-bond donors (Lipinski definition) is 1. The minimum Gasteiger partial charge on any atom is -0.484 e. The smallest absolute Gasteiger partial charge is 0.258 e. The second-order valence-electron chi connectivity index (χ2n) is 4.55. The molecule has 3 nitrogen and oxygen atoms in total. The van der Waals surface area contributed by atoms with Crippen LogP contribution in [-0.4, -0.2) is 12.5 Å². The van der Waals surface area contributed by atoms with Crippen molar-refractivity contribution in [2.45, 2.75) is 13.0 Å². The topological polar surface area (TPSA) is 38.3 Å². The number of halogens is 2. The summed E-state index contributed by atoms with van der Waals surface area (Å²) >= 11 is 5.76. The zero-order chi connectivity index (χ0) is 15.2. The van der Waals surface area contributed by atoms with Crippen LogP contribution < -0.4 is 10.1 Å². The van der Waals surface area contributed by atoms with Gasteiger partial charge >= 0.3 is 0 Å². The molecule has 1 unspecified atom stereocenters. The monoisotopic (exact) mass is 307 g/mol. The Morgan fingerprint density at radius 1 is 1.24 bits per heavy atom. The van der Waals surface area contributed by atoms with Crippen LogP contribution in [0.15, 0.2) is 48.5 Å². The Kier molecular flexibility index (Phi) is 5.17. The maximum Gasteiger partial charge on any atom is 0.258 e. The van der Waals surface area contributed by atoms with Gasteiger partial charge in [0.15, 0.2) is 6.61 Å². The van der Waals surface area contributed by atoms with E-state index >= 15 is 0 Å². The van der Waals surface area contributed by atoms with Crippen molar-refractivity contribution >= 4 is 17.5 Å². The van der Waals surface area contributed by atoms with E-state index in [4.69, 9.17) is 16.3 Å². The predicted octanol–water partition coefficient (Wildman–Crippen LogP) is 3.74. The molecule has 0 aromatic heterocycles. The minimum atomic E-state index is -0.424. The van der Waals surface area contributed by atoms with Crippen LogP contribution in [0.3, 0.4) is 0 Å². The van der Waals surface area contributed by atoms with Crippen LogP contribution in [0, 0.1) is 5.82 Å². The normalized spacial score (nSPS) is 11.8. The van der Waals surface area contributed by atoms with Crippen molar-refractivity contribution in [3.8, 4) is 5.75 Å². The summed E-state index contributed by atoms with van der Waals surface area (Å²) in [5.41, 5.74) is 0.442. The molecule has 2 rings (SSSR count). The Labute approximate surface area is 127 Å². The zero-order valence-electron chi connectivity index (χ0n) is 11.5. The lowest BCUT2D eigenvalue weighted by atomic mass is 10.1. The van der Waals surface area contributed by atoms with Gasteiger partial charge in [-0.1, -0.05) is 29.8 Å². The molecule has 0 heterocycles. The third kappa shape index (κ3) is 4.46. The molecular formula is C16H15ClFNO2. The molecule has 2 aromatic rings. The maximum absolute atomic E-state index is 13.6. The Balaban J connectivity index is 1.87. The minimum absolute atomic E-state index is 0.138. The second-order valence-corrected chi connectivity index (χ2v) is 4.99. The largest absolute Gasteiger partial charge is 0.484 e. The summed E-state index contributed by atoms with van der Waals surface area (Å²) in [6.45, 7) is 1.58. The van der Waals surface area contributed by atoms with Gasteiger partial charge in [-0.25, -0.2) is 4.39 Å². The lowest BCUT2D eigenvalue weighted by molar-refractivity contribution is -0.123. The molecule has 21 heavy (non-hydrogen) atoms. The van der Waals surface area contributed by atoms with Crippen molar-refractivity contribution in [3.63, 3.8) is 0 Å². The number of benzene rings is 2. The van der Waals surface area contributed by atoms with Gasteiger partial charge in [-0.3, -0.25) is 4.79 Å². The van der Waals surface area contributed by atoms with E-state index in [1.165, 1.54) is 6.07 Å². The van der Waals surface area contributed by atoms with Gasteiger partial charge in [0.05, 0.1) is 6.04 Å². The quantitative estimate of drug-likeness (QED) is 0.914. The molecule has 1 amide bonds. The average molecular weight is 308 g/mol. The summed E-state index contributed by atoms with van der Waals surface area (Å²) in [6, 6.07) is 12.6. The molecule has 1 atom stereocenters. The standard InChI is InChI=1S/C16H15ClFNO2/c1-11(14-4-2-3-5-15(14)18)19-16(20)10-21-13-8-6-12(17)7-9-13/h2-9,11H,10H2,1H3,(H,19,20). The molecule has 5 heteroatoms. The van der Waals surface area contributed by atoms with Crippen LogP contribution in [0.1, 0.15) is 18.5 Å². The molecule has 0 radical (unpaired) electrons. The maximum atomic E-state index is 13.6. The predicted molar refractivity (Wildman–Crippen MR) is 79.9 cm³/mol. The van der Waals surface area contributed by atoms with Gasteiger partial charge in [-0.05, 0) is 37.3 Å². The SMILES string of the molecule is CC(NC(=O)COc1ccc(Cl)cc1)c1ccccc1F. The Morgan fingerprint density at radius 3 is 2.57 bits per heavy atom. The Bertz CT molecular complexity index is 616. The zero-order valence-corrected chi connectivity index (χ0v) is 12.2. The number of carbonyl (C=O) groups excluding carboxylic acids is 1. The fourth-order valence-corrected chi connectivity index (χ4v) is 1.99. The van der Waals surface area contributed by atoms with Gasteiger partial charge in [0, 0.05) is 10.6 Å². The summed E-state index contributed by atoms with van der Waals surface area (Å²) in [6.07, 6.45) is 0. The van der Waals surface area contributed by atoms with E-state index in [2.05, 4.69) is 5.32 Å². The van der Waals surface area contributed by atoms with E-state index in [9.17, 15) is 9.18 Å². The first-order chi connectivity index (χ1) is 10.1. The highest BCUT2D eigenvalue weighted by Crippen LogP contribution is 2.17. The van der Waals surface area contributed by atoms with E-state index < -0.39 is 6.04 Å². The van der Waals surface area contributed by atoms with Crippen LogP contribution in [0.25, 0.3) is 0 Å². The third-order valence-electron chi connectivity index (χ3n) is 2.93. The molecule has 0 aliphatic rings.